The first-order valence-corrected chi connectivity index (χ1v) is 6.20. The molecule has 2 aliphatic rings. The molecule has 3 atom stereocenters. The van der Waals surface area contributed by atoms with Crippen LogP contribution >= 0.6 is 0 Å². The number of amides is 2. The molecule has 2 amide bonds. The van der Waals surface area contributed by atoms with Crippen molar-refractivity contribution in [1.82, 2.24) is 4.90 Å². The number of hydrogen-bond donors (Lipinski definition) is 1. The number of likely N-dealkylation sites (tertiary alicyclic amines) is 1. The molecule has 0 aromatic rings. The molecule has 4 heteroatoms. The van der Waals surface area contributed by atoms with Gasteiger partial charge in [-0.1, -0.05) is 26.0 Å². The van der Waals surface area contributed by atoms with E-state index in [2.05, 4.69) is 0 Å². The van der Waals surface area contributed by atoms with Crippen molar-refractivity contribution in [3.63, 3.8) is 0 Å². The number of rotatable bonds is 3. The lowest BCUT2D eigenvalue weighted by Gasteiger charge is -2.28. The fourth-order valence-electron chi connectivity index (χ4n) is 2.74. The number of aliphatic hydroxyl groups excluding tert-OH is 1. The Hall–Kier alpha value is -1.16. The summed E-state index contributed by atoms with van der Waals surface area (Å²) in [5.41, 5.74) is 0. The molecule has 0 aromatic carbocycles. The summed E-state index contributed by atoms with van der Waals surface area (Å²) in [7, 11) is 0. The van der Waals surface area contributed by atoms with Crippen molar-refractivity contribution < 1.29 is 14.7 Å². The van der Waals surface area contributed by atoms with Gasteiger partial charge in [0, 0.05) is 0 Å². The number of aliphatic hydroxyl groups is 1. The summed E-state index contributed by atoms with van der Waals surface area (Å²) in [6.07, 6.45) is 5.25. The van der Waals surface area contributed by atoms with Crippen LogP contribution < -0.4 is 0 Å². The SMILES string of the molecule is CC(C)[C@H](CO)N1C(=O)C2CC=CCC2C1=O. The minimum atomic E-state index is -0.374. The highest BCUT2D eigenvalue weighted by Crippen LogP contribution is 2.36. The fourth-order valence-corrected chi connectivity index (χ4v) is 2.74. The minimum Gasteiger partial charge on any atom is -0.394 e. The third-order valence-electron chi connectivity index (χ3n) is 3.83. The van der Waals surface area contributed by atoms with Crippen LogP contribution in [0.4, 0.5) is 0 Å². The lowest BCUT2D eigenvalue weighted by Crippen LogP contribution is -2.45. The Morgan fingerprint density at radius 2 is 1.71 bits per heavy atom. The Morgan fingerprint density at radius 3 is 2.06 bits per heavy atom. The van der Waals surface area contributed by atoms with E-state index in [0.717, 1.165) is 0 Å². The van der Waals surface area contributed by atoms with Gasteiger partial charge in [-0.05, 0) is 18.8 Å². The average molecular weight is 237 g/mol. The van der Waals surface area contributed by atoms with Gasteiger partial charge in [0.2, 0.25) is 11.8 Å². The topological polar surface area (TPSA) is 57.6 Å². The standard InChI is InChI=1S/C13H19NO3/c1-8(2)11(7-15)14-12(16)9-5-3-4-6-10(9)13(14)17/h3-4,8-11,15H,5-7H2,1-2H3/t9?,10?,11-/m0/s1. The van der Waals surface area contributed by atoms with Crippen molar-refractivity contribution in [3.05, 3.63) is 12.2 Å². The molecule has 0 saturated carbocycles. The lowest BCUT2D eigenvalue weighted by molar-refractivity contribution is -0.145. The van der Waals surface area contributed by atoms with Crippen molar-refractivity contribution in [2.24, 2.45) is 17.8 Å². The molecule has 1 fully saturated rings. The highest BCUT2D eigenvalue weighted by Gasteiger charge is 2.49. The van der Waals surface area contributed by atoms with E-state index in [1.54, 1.807) is 0 Å². The van der Waals surface area contributed by atoms with Crippen molar-refractivity contribution in [3.8, 4) is 0 Å². The molecule has 1 aliphatic carbocycles. The molecule has 1 N–H and O–H groups in total. The molecule has 0 bridgehead atoms. The van der Waals surface area contributed by atoms with Crippen LogP contribution in [0, 0.1) is 17.8 Å². The Morgan fingerprint density at radius 1 is 1.24 bits per heavy atom. The number of carbonyl (C=O) groups is 2. The largest absolute Gasteiger partial charge is 0.394 e. The van der Waals surface area contributed by atoms with Gasteiger partial charge in [-0.25, -0.2) is 0 Å². The second kappa shape index (κ2) is 4.61. The van der Waals surface area contributed by atoms with E-state index in [9.17, 15) is 14.7 Å². The van der Waals surface area contributed by atoms with Gasteiger partial charge in [0.25, 0.3) is 0 Å². The van der Waals surface area contributed by atoms with Gasteiger partial charge in [0.05, 0.1) is 24.5 Å². The van der Waals surface area contributed by atoms with Gasteiger partial charge in [0.1, 0.15) is 0 Å². The van der Waals surface area contributed by atoms with Gasteiger partial charge in [-0.2, -0.15) is 0 Å². The zero-order valence-corrected chi connectivity index (χ0v) is 10.3. The van der Waals surface area contributed by atoms with E-state index >= 15 is 0 Å². The van der Waals surface area contributed by atoms with Crippen molar-refractivity contribution in [2.45, 2.75) is 32.7 Å². The number of allylic oxidation sites excluding steroid dienone is 2. The first-order valence-electron chi connectivity index (χ1n) is 6.20. The Bertz CT molecular complexity index is 336. The molecule has 1 heterocycles. The zero-order chi connectivity index (χ0) is 12.6. The summed E-state index contributed by atoms with van der Waals surface area (Å²) >= 11 is 0. The number of carbonyl (C=O) groups excluding carboxylic acids is 2. The summed E-state index contributed by atoms with van der Waals surface area (Å²) < 4.78 is 0. The van der Waals surface area contributed by atoms with Crippen LogP contribution in [-0.4, -0.2) is 34.5 Å². The van der Waals surface area contributed by atoms with E-state index in [1.165, 1.54) is 4.90 Å². The molecule has 2 unspecified atom stereocenters. The quantitative estimate of drug-likeness (QED) is 0.587. The molecule has 0 spiro atoms. The summed E-state index contributed by atoms with van der Waals surface area (Å²) in [4.78, 5) is 25.7. The maximum Gasteiger partial charge on any atom is 0.233 e. The van der Waals surface area contributed by atoms with Crippen LogP contribution in [0.15, 0.2) is 12.2 Å². The van der Waals surface area contributed by atoms with E-state index in [0.29, 0.717) is 12.8 Å². The van der Waals surface area contributed by atoms with Crippen LogP contribution in [0.25, 0.3) is 0 Å². The predicted molar refractivity (Wildman–Crippen MR) is 62.9 cm³/mol. The normalized spacial score (nSPS) is 30.0. The van der Waals surface area contributed by atoms with Gasteiger partial charge < -0.3 is 5.11 Å². The second-order valence-corrected chi connectivity index (χ2v) is 5.20. The van der Waals surface area contributed by atoms with Crippen molar-refractivity contribution in [2.75, 3.05) is 6.61 Å². The van der Waals surface area contributed by atoms with Crippen LogP contribution in [0.3, 0.4) is 0 Å². The molecule has 17 heavy (non-hydrogen) atoms. The van der Waals surface area contributed by atoms with E-state index in [-0.39, 0.29) is 42.2 Å². The van der Waals surface area contributed by atoms with Gasteiger partial charge >= 0.3 is 0 Å². The second-order valence-electron chi connectivity index (χ2n) is 5.20. The first kappa shape index (κ1) is 12.3. The van der Waals surface area contributed by atoms with Crippen LogP contribution in [0.2, 0.25) is 0 Å². The number of hydrogen-bond acceptors (Lipinski definition) is 3. The van der Waals surface area contributed by atoms with Crippen molar-refractivity contribution in [1.29, 1.82) is 0 Å². The third-order valence-corrected chi connectivity index (χ3v) is 3.83. The molecular formula is C13H19NO3. The molecule has 0 radical (unpaired) electrons. The van der Waals surface area contributed by atoms with Gasteiger partial charge in [-0.3, -0.25) is 14.5 Å². The Balaban J connectivity index is 2.25. The van der Waals surface area contributed by atoms with Crippen molar-refractivity contribution >= 4 is 11.8 Å². The molecule has 4 nitrogen and oxygen atoms in total. The summed E-state index contributed by atoms with van der Waals surface area (Å²) in [6, 6.07) is -0.374. The summed E-state index contributed by atoms with van der Waals surface area (Å²) in [5, 5.41) is 9.36. The van der Waals surface area contributed by atoms with E-state index in [1.807, 2.05) is 26.0 Å². The van der Waals surface area contributed by atoms with E-state index < -0.39 is 0 Å². The van der Waals surface area contributed by atoms with E-state index in [4.69, 9.17) is 0 Å². The Kier molecular flexibility index (Phi) is 3.33. The number of imide groups is 1. The van der Waals surface area contributed by atoms with Gasteiger partial charge in [-0.15, -0.1) is 0 Å². The number of fused-ring (bicyclic) bond motifs is 1. The van der Waals surface area contributed by atoms with Crippen LogP contribution in [0.1, 0.15) is 26.7 Å². The third kappa shape index (κ3) is 1.90. The average Bonchev–Trinajstić information content (AvgIpc) is 2.56. The summed E-state index contributed by atoms with van der Waals surface area (Å²) in [6.45, 7) is 3.69. The summed E-state index contributed by atoms with van der Waals surface area (Å²) in [5.74, 6) is -0.504. The molecule has 0 aromatic heterocycles. The van der Waals surface area contributed by atoms with Crippen LogP contribution in [-0.2, 0) is 9.59 Å². The maximum atomic E-state index is 12.2. The number of nitrogens with zero attached hydrogens (tertiary/aromatic N) is 1. The highest BCUT2D eigenvalue weighted by molar-refractivity contribution is 6.05. The molecule has 1 aliphatic heterocycles. The van der Waals surface area contributed by atoms with Crippen LogP contribution in [0.5, 0.6) is 0 Å². The molecule has 2 rings (SSSR count). The molecular weight excluding hydrogens is 218 g/mol. The maximum absolute atomic E-state index is 12.2. The van der Waals surface area contributed by atoms with Gasteiger partial charge in [0.15, 0.2) is 0 Å². The predicted octanol–water partition coefficient (Wildman–Crippen LogP) is 0.954. The zero-order valence-electron chi connectivity index (χ0n) is 10.3. The Labute approximate surface area is 101 Å². The fraction of sp³-hybridized carbons (Fsp3) is 0.692. The lowest BCUT2D eigenvalue weighted by atomic mass is 9.85. The monoisotopic (exact) mass is 237 g/mol. The smallest absolute Gasteiger partial charge is 0.233 e. The first-order chi connectivity index (χ1) is 8.07. The molecule has 94 valence electrons. The highest BCUT2D eigenvalue weighted by atomic mass is 16.3. The molecule has 1 saturated heterocycles. The minimum absolute atomic E-state index is 0.0843.